The van der Waals surface area contributed by atoms with Gasteiger partial charge in [0, 0.05) is 31.4 Å². The number of aromatic nitrogens is 1. The standard InChI is InChI=1S/C15H20N4/c1-10-4-5-18-14(12(10)6-16)19-9-11-7-17-8-13(11)15(19,2)3/h4-5,11,13,17H,7-9H2,1-3H3. The van der Waals surface area contributed by atoms with Gasteiger partial charge < -0.3 is 10.2 Å². The summed E-state index contributed by atoms with van der Waals surface area (Å²) in [6, 6.07) is 4.23. The van der Waals surface area contributed by atoms with Gasteiger partial charge in [-0.25, -0.2) is 4.98 Å². The number of fused-ring (bicyclic) bond motifs is 1. The second kappa shape index (κ2) is 4.21. The van der Waals surface area contributed by atoms with Gasteiger partial charge >= 0.3 is 0 Å². The Morgan fingerprint density at radius 2 is 2.26 bits per heavy atom. The molecule has 0 spiro atoms. The number of aryl methyl sites for hydroxylation is 1. The van der Waals surface area contributed by atoms with Crippen LogP contribution in [0.15, 0.2) is 12.3 Å². The molecule has 0 radical (unpaired) electrons. The first-order chi connectivity index (χ1) is 9.05. The number of nitrogens with zero attached hydrogens (tertiary/aromatic N) is 3. The maximum Gasteiger partial charge on any atom is 0.147 e. The lowest BCUT2D eigenvalue weighted by Crippen LogP contribution is -2.45. The van der Waals surface area contributed by atoms with Gasteiger partial charge in [-0.15, -0.1) is 0 Å². The minimum atomic E-state index is 0.0561. The normalized spacial score (nSPS) is 28.2. The molecular formula is C15H20N4. The number of anilines is 1. The van der Waals surface area contributed by atoms with E-state index in [2.05, 4.69) is 35.1 Å². The third-order valence-electron chi connectivity index (χ3n) is 4.87. The Morgan fingerprint density at radius 1 is 1.47 bits per heavy atom. The molecule has 4 nitrogen and oxygen atoms in total. The van der Waals surface area contributed by atoms with Crippen molar-refractivity contribution < 1.29 is 0 Å². The predicted molar refractivity (Wildman–Crippen MR) is 75.0 cm³/mol. The molecule has 0 amide bonds. The molecule has 3 heterocycles. The molecule has 2 aliphatic heterocycles. The van der Waals surface area contributed by atoms with E-state index in [-0.39, 0.29) is 5.54 Å². The summed E-state index contributed by atoms with van der Waals surface area (Å²) >= 11 is 0. The monoisotopic (exact) mass is 256 g/mol. The van der Waals surface area contributed by atoms with Crippen LogP contribution in [-0.2, 0) is 0 Å². The molecule has 2 atom stereocenters. The Morgan fingerprint density at radius 3 is 2.95 bits per heavy atom. The van der Waals surface area contributed by atoms with E-state index >= 15 is 0 Å². The molecule has 0 bridgehead atoms. The van der Waals surface area contributed by atoms with Crippen molar-refractivity contribution in [1.29, 1.82) is 5.26 Å². The number of pyridine rings is 1. The van der Waals surface area contributed by atoms with E-state index in [1.165, 1.54) is 0 Å². The second-order valence-electron chi connectivity index (χ2n) is 6.23. The van der Waals surface area contributed by atoms with E-state index in [9.17, 15) is 5.26 Å². The van der Waals surface area contributed by atoms with Crippen LogP contribution in [0.1, 0.15) is 25.0 Å². The molecule has 1 aromatic heterocycles. The number of nitriles is 1. The highest BCUT2D eigenvalue weighted by atomic mass is 15.3. The second-order valence-corrected chi connectivity index (χ2v) is 6.23. The van der Waals surface area contributed by atoms with Crippen LogP contribution < -0.4 is 10.2 Å². The summed E-state index contributed by atoms with van der Waals surface area (Å²) in [4.78, 5) is 6.84. The average Bonchev–Trinajstić information content (AvgIpc) is 2.92. The highest BCUT2D eigenvalue weighted by Crippen LogP contribution is 2.43. The van der Waals surface area contributed by atoms with Crippen LogP contribution in [0.3, 0.4) is 0 Å². The van der Waals surface area contributed by atoms with E-state index in [1.54, 1.807) is 0 Å². The minimum Gasteiger partial charge on any atom is -0.350 e. The maximum absolute atomic E-state index is 9.40. The van der Waals surface area contributed by atoms with Gasteiger partial charge in [0.1, 0.15) is 11.9 Å². The van der Waals surface area contributed by atoms with Crippen molar-refractivity contribution in [3.63, 3.8) is 0 Å². The predicted octanol–water partition coefficient (Wildman–Crippen LogP) is 1.70. The Labute approximate surface area is 114 Å². The van der Waals surface area contributed by atoms with Crippen LogP contribution >= 0.6 is 0 Å². The summed E-state index contributed by atoms with van der Waals surface area (Å²) < 4.78 is 0. The molecule has 2 saturated heterocycles. The molecule has 2 unspecified atom stereocenters. The van der Waals surface area contributed by atoms with Crippen LogP contribution in [0.2, 0.25) is 0 Å². The number of rotatable bonds is 1. The van der Waals surface area contributed by atoms with Gasteiger partial charge in [0.2, 0.25) is 0 Å². The largest absolute Gasteiger partial charge is 0.350 e. The lowest BCUT2D eigenvalue weighted by molar-refractivity contribution is 0.356. The maximum atomic E-state index is 9.40. The molecule has 4 heteroatoms. The smallest absolute Gasteiger partial charge is 0.147 e. The van der Waals surface area contributed by atoms with Crippen molar-refractivity contribution in [3.05, 3.63) is 23.4 Å². The van der Waals surface area contributed by atoms with Crippen molar-refractivity contribution >= 4 is 5.82 Å². The fraction of sp³-hybridized carbons (Fsp3) is 0.600. The molecule has 1 N–H and O–H groups in total. The van der Waals surface area contributed by atoms with Crippen LogP contribution in [0.25, 0.3) is 0 Å². The summed E-state index contributed by atoms with van der Waals surface area (Å²) in [6.07, 6.45) is 1.81. The van der Waals surface area contributed by atoms with Gasteiger partial charge in [0.25, 0.3) is 0 Å². The van der Waals surface area contributed by atoms with E-state index in [1.807, 2.05) is 19.2 Å². The number of hydrogen-bond donors (Lipinski definition) is 1. The summed E-state index contributed by atoms with van der Waals surface area (Å²) in [5, 5.41) is 12.9. The van der Waals surface area contributed by atoms with Crippen molar-refractivity contribution in [2.24, 2.45) is 11.8 Å². The van der Waals surface area contributed by atoms with Crippen molar-refractivity contribution in [1.82, 2.24) is 10.3 Å². The zero-order chi connectivity index (χ0) is 13.6. The van der Waals surface area contributed by atoms with Crippen LogP contribution in [-0.4, -0.2) is 30.2 Å². The van der Waals surface area contributed by atoms with E-state index in [0.717, 1.165) is 36.6 Å². The first kappa shape index (κ1) is 12.4. The molecule has 1 aromatic rings. The summed E-state index contributed by atoms with van der Waals surface area (Å²) in [6.45, 7) is 9.68. The Hall–Kier alpha value is -1.60. The summed E-state index contributed by atoms with van der Waals surface area (Å²) in [5.74, 6) is 2.17. The van der Waals surface area contributed by atoms with E-state index < -0.39 is 0 Å². The van der Waals surface area contributed by atoms with Crippen molar-refractivity contribution in [2.75, 3.05) is 24.5 Å². The molecule has 19 heavy (non-hydrogen) atoms. The highest BCUT2D eigenvalue weighted by molar-refractivity contribution is 5.59. The third kappa shape index (κ3) is 1.73. The molecule has 0 aliphatic carbocycles. The average molecular weight is 256 g/mol. The molecular weight excluding hydrogens is 236 g/mol. The molecule has 100 valence electrons. The van der Waals surface area contributed by atoms with E-state index in [0.29, 0.717) is 11.8 Å². The SMILES string of the molecule is Cc1ccnc(N2CC3CNCC3C2(C)C)c1C#N. The first-order valence-electron chi connectivity index (χ1n) is 6.89. The first-order valence-corrected chi connectivity index (χ1v) is 6.89. The molecule has 3 rings (SSSR count). The number of nitrogens with one attached hydrogen (secondary N) is 1. The van der Waals surface area contributed by atoms with Gasteiger partial charge in [-0.1, -0.05) is 0 Å². The van der Waals surface area contributed by atoms with Crippen LogP contribution in [0, 0.1) is 30.1 Å². The lowest BCUT2D eigenvalue weighted by Gasteiger charge is -2.37. The zero-order valence-corrected chi connectivity index (χ0v) is 11.8. The Kier molecular flexibility index (Phi) is 2.75. The summed E-state index contributed by atoms with van der Waals surface area (Å²) in [7, 11) is 0. The third-order valence-corrected chi connectivity index (χ3v) is 4.87. The number of hydrogen-bond acceptors (Lipinski definition) is 4. The van der Waals surface area contributed by atoms with Crippen LogP contribution in [0.4, 0.5) is 5.82 Å². The van der Waals surface area contributed by atoms with Gasteiger partial charge in [-0.2, -0.15) is 5.26 Å². The summed E-state index contributed by atoms with van der Waals surface area (Å²) in [5.41, 5.74) is 1.79. The molecule has 2 fully saturated rings. The highest BCUT2D eigenvalue weighted by Gasteiger charge is 2.50. The van der Waals surface area contributed by atoms with Crippen LogP contribution in [0.5, 0.6) is 0 Å². The Bertz CT molecular complexity index is 544. The topological polar surface area (TPSA) is 52.0 Å². The van der Waals surface area contributed by atoms with Gasteiger partial charge in [0.15, 0.2) is 0 Å². The molecule has 0 aromatic carbocycles. The van der Waals surface area contributed by atoms with Crippen molar-refractivity contribution in [3.8, 4) is 6.07 Å². The minimum absolute atomic E-state index is 0.0561. The quantitative estimate of drug-likeness (QED) is 0.831. The molecule has 0 saturated carbocycles. The Balaban J connectivity index is 2.04. The lowest BCUT2D eigenvalue weighted by atomic mass is 9.85. The molecule has 2 aliphatic rings. The fourth-order valence-electron chi connectivity index (χ4n) is 3.67. The zero-order valence-electron chi connectivity index (χ0n) is 11.8. The van der Waals surface area contributed by atoms with Gasteiger partial charge in [0.05, 0.1) is 5.56 Å². The van der Waals surface area contributed by atoms with Gasteiger partial charge in [-0.05, 0) is 44.2 Å². The fourth-order valence-corrected chi connectivity index (χ4v) is 3.67. The van der Waals surface area contributed by atoms with Crippen molar-refractivity contribution in [2.45, 2.75) is 26.3 Å². The van der Waals surface area contributed by atoms with Gasteiger partial charge in [-0.3, -0.25) is 0 Å². The van der Waals surface area contributed by atoms with E-state index in [4.69, 9.17) is 0 Å².